The molecule has 1 saturated heterocycles. The Bertz CT molecular complexity index is 1770. The van der Waals surface area contributed by atoms with Gasteiger partial charge in [0.2, 0.25) is 5.91 Å². The van der Waals surface area contributed by atoms with Gasteiger partial charge in [-0.25, -0.2) is 0 Å². The summed E-state index contributed by atoms with van der Waals surface area (Å²) in [5.41, 5.74) is 0. The number of carbonyl (C=O) groups is 1. The normalized spacial score (nSPS) is 19.1. The SMILES string of the molecule is CC/C=C\C/C=C\C/C=C\C/C=C\C/C=C\C/C=C\C/C=C\C/C=C\C/C=C\C/C=C\CCCCCCCCCCCCC(=O)NC(COC1OC(CO)C(O)C(O)C1O)C(O)/C=C/CCCCCCCCCCCCCCCCCCC. The molecule has 0 saturated carbocycles. The number of aliphatic hydroxyl groups is 5. The molecule has 0 aromatic heterocycles. The third-order valence-electron chi connectivity index (χ3n) is 15.2. The molecule has 83 heavy (non-hydrogen) atoms. The quantitative estimate of drug-likeness (QED) is 0.0261. The Balaban J connectivity index is 2.15. The molecule has 0 aromatic carbocycles. The highest BCUT2D eigenvalue weighted by Gasteiger charge is 2.44. The van der Waals surface area contributed by atoms with E-state index >= 15 is 0 Å². The third-order valence-corrected chi connectivity index (χ3v) is 15.2. The van der Waals surface area contributed by atoms with Crippen LogP contribution in [0, 0.1) is 0 Å². The Morgan fingerprint density at radius 3 is 1.11 bits per heavy atom. The number of carbonyl (C=O) groups excluding carboxylic acids is 1. The van der Waals surface area contributed by atoms with Crippen LogP contribution in [0.25, 0.3) is 0 Å². The van der Waals surface area contributed by atoms with E-state index in [1.165, 1.54) is 135 Å². The van der Waals surface area contributed by atoms with Crippen molar-refractivity contribution in [3.63, 3.8) is 0 Å². The maximum Gasteiger partial charge on any atom is 0.220 e. The van der Waals surface area contributed by atoms with Gasteiger partial charge in [-0.15, -0.1) is 0 Å². The standard InChI is InChI=1S/C74H125NO8/c1-3-5-7-9-11-13-15-17-19-21-23-24-25-26-27-28-29-30-31-32-33-34-35-36-37-38-39-40-41-42-43-44-46-48-50-52-54-56-58-60-62-64-70(78)75-67(66-82-74-73(81)72(80)71(79)69(65-76)83-74)68(77)63-61-59-57-55-53-51-49-47-45-22-20-18-16-14-12-10-8-6-4-2/h5,7,11,13,17,19,23-24,26-27,29-30,32-33,35-36,38-39,41-42,61,63,67-69,71-74,76-77,79-81H,3-4,6,8-10,12,14-16,18,20-22,25,28,31,34,37,40,43-60,62,64-66H2,1-2H3,(H,75,78)/b7-5-,13-11-,19-17-,24-23-,27-26-,30-29-,33-32-,36-35-,39-38-,42-41-,63-61+. The zero-order chi connectivity index (χ0) is 60.0. The highest BCUT2D eigenvalue weighted by molar-refractivity contribution is 5.76. The second kappa shape index (κ2) is 61.4. The minimum Gasteiger partial charge on any atom is -0.394 e. The van der Waals surface area contributed by atoms with E-state index in [-0.39, 0.29) is 12.5 Å². The van der Waals surface area contributed by atoms with Crippen LogP contribution in [-0.4, -0.2) is 87.5 Å². The Kier molecular flexibility index (Phi) is 57.2. The predicted molar refractivity (Wildman–Crippen MR) is 354 cm³/mol. The van der Waals surface area contributed by atoms with Crippen LogP contribution in [0.15, 0.2) is 134 Å². The van der Waals surface area contributed by atoms with Crippen molar-refractivity contribution in [2.24, 2.45) is 0 Å². The summed E-state index contributed by atoms with van der Waals surface area (Å²) >= 11 is 0. The van der Waals surface area contributed by atoms with E-state index in [0.29, 0.717) is 6.42 Å². The first-order chi connectivity index (χ1) is 40.8. The fourth-order valence-electron chi connectivity index (χ4n) is 9.95. The first-order valence-corrected chi connectivity index (χ1v) is 33.9. The highest BCUT2D eigenvalue weighted by atomic mass is 16.7. The lowest BCUT2D eigenvalue weighted by Gasteiger charge is -2.40. The Morgan fingerprint density at radius 2 is 0.747 bits per heavy atom. The van der Waals surface area contributed by atoms with Gasteiger partial charge < -0.3 is 40.3 Å². The minimum atomic E-state index is -1.57. The molecule has 0 spiro atoms. The maximum atomic E-state index is 13.1. The van der Waals surface area contributed by atoms with Crippen LogP contribution in [0.2, 0.25) is 0 Å². The molecule has 0 bridgehead atoms. The summed E-state index contributed by atoms with van der Waals surface area (Å²) < 4.78 is 11.3. The number of hydrogen-bond acceptors (Lipinski definition) is 8. The number of unbranched alkanes of at least 4 members (excludes halogenated alkanes) is 27. The van der Waals surface area contributed by atoms with Crippen molar-refractivity contribution >= 4 is 5.91 Å². The van der Waals surface area contributed by atoms with Gasteiger partial charge in [0.05, 0.1) is 25.4 Å². The number of rotatable bonds is 57. The minimum absolute atomic E-state index is 0.185. The van der Waals surface area contributed by atoms with E-state index in [0.717, 1.165) is 116 Å². The fraction of sp³-hybridized carbons (Fsp3) is 0.689. The number of ether oxygens (including phenoxy) is 2. The molecule has 1 heterocycles. The summed E-state index contributed by atoms with van der Waals surface area (Å²) in [6.45, 7) is 3.67. The summed E-state index contributed by atoms with van der Waals surface area (Å²) in [6, 6.07) is -0.816. The van der Waals surface area contributed by atoms with E-state index in [2.05, 4.69) is 141 Å². The largest absolute Gasteiger partial charge is 0.394 e. The van der Waals surface area contributed by atoms with Gasteiger partial charge in [-0.3, -0.25) is 4.79 Å². The smallest absolute Gasteiger partial charge is 0.220 e. The molecule has 1 rings (SSSR count). The van der Waals surface area contributed by atoms with E-state index in [1.54, 1.807) is 6.08 Å². The lowest BCUT2D eigenvalue weighted by atomic mass is 9.99. The van der Waals surface area contributed by atoms with Crippen LogP contribution in [0.1, 0.15) is 271 Å². The number of allylic oxidation sites excluding steroid dienone is 21. The summed E-state index contributed by atoms with van der Waals surface area (Å²) in [4.78, 5) is 13.1. The molecular formula is C74H125NO8. The number of hydrogen-bond donors (Lipinski definition) is 6. The zero-order valence-electron chi connectivity index (χ0n) is 52.9. The number of nitrogens with one attached hydrogen (secondary N) is 1. The molecular weight excluding hydrogens is 1030 g/mol. The molecule has 7 atom stereocenters. The molecule has 1 aliphatic rings. The van der Waals surface area contributed by atoms with Crippen LogP contribution >= 0.6 is 0 Å². The van der Waals surface area contributed by atoms with Crippen molar-refractivity contribution < 1.29 is 39.8 Å². The first kappa shape index (κ1) is 77.3. The van der Waals surface area contributed by atoms with Gasteiger partial charge in [0.25, 0.3) is 0 Å². The molecule has 0 radical (unpaired) electrons. The molecule has 6 N–H and O–H groups in total. The van der Waals surface area contributed by atoms with Crippen LogP contribution in [0.3, 0.4) is 0 Å². The first-order valence-electron chi connectivity index (χ1n) is 33.9. The zero-order valence-corrected chi connectivity index (χ0v) is 52.9. The van der Waals surface area contributed by atoms with Crippen molar-refractivity contribution in [3.8, 4) is 0 Å². The fourth-order valence-corrected chi connectivity index (χ4v) is 9.95. The van der Waals surface area contributed by atoms with E-state index in [1.807, 2.05) is 6.08 Å². The lowest BCUT2D eigenvalue weighted by Crippen LogP contribution is -2.60. The van der Waals surface area contributed by atoms with Gasteiger partial charge >= 0.3 is 0 Å². The van der Waals surface area contributed by atoms with Gasteiger partial charge in [0.15, 0.2) is 6.29 Å². The van der Waals surface area contributed by atoms with Crippen molar-refractivity contribution in [1.29, 1.82) is 0 Å². The summed E-state index contributed by atoms with van der Waals surface area (Å²) in [7, 11) is 0. The number of aliphatic hydroxyl groups excluding tert-OH is 5. The molecule has 9 heteroatoms. The van der Waals surface area contributed by atoms with Crippen LogP contribution in [0.5, 0.6) is 0 Å². The summed E-state index contributed by atoms with van der Waals surface area (Å²) in [5, 5.41) is 54.7. The van der Waals surface area contributed by atoms with Gasteiger partial charge in [-0.2, -0.15) is 0 Å². The second-order valence-corrected chi connectivity index (χ2v) is 22.9. The van der Waals surface area contributed by atoms with Crippen molar-refractivity contribution in [3.05, 3.63) is 134 Å². The van der Waals surface area contributed by atoms with E-state index < -0.39 is 49.5 Å². The third kappa shape index (κ3) is 50.2. The van der Waals surface area contributed by atoms with Gasteiger partial charge in [0.1, 0.15) is 24.4 Å². The highest BCUT2D eigenvalue weighted by Crippen LogP contribution is 2.23. The molecule has 1 amide bonds. The van der Waals surface area contributed by atoms with Crippen LogP contribution in [0.4, 0.5) is 0 Å². The van der Waals surface area contributed by atoms with E-state index in [4.69, 9.17) is 9.47 Å². The van der Waals surface area contributed by atoms with Crippen molar-refractivity contribution in [2.75, 3.05) is 13.2 Å². The lowest BCUT2D eigenvalue weighted by molar-refractivity contribution is -0.302. The predicted octanol–water partition coefficient (Wildman–Crippen LogP) is 18.4. The van der Waals surface area contributed by atoms with Gasteiger partial charge in [-0.1, -0.05) is 302 Å². The molecule has 1 aliphatic heterocycles. The van der Waals surface area contributed by atoms with Crippen LogP contribution < -0.4 is 5.32 Å². The Hall–Kier alpha value is -3.67. The van der Waals surface area contributed by atoms with Gasteiger partial charge in [0, 0.05) is 6.42 Å². The Morgan fingerprint density at radius 1 is 0.422 bits per heavy atom. The molecule has 7 unspecified atom stereocenters. The Labute approximate surface area is 509 Å². The van der Waals surface area contributed by atoms with Crippen molar-refractivity contribution in [1.82, 2.24) is 5.32 Å². The molecule has 0 aliphatic carbocycles. The maximum absolute atomic E-state index is 13.1. The van der Waals surface area contributed by atoms with Crippen molar-refractivity contribution in [2.45, 2.75) is 314 Å². The van der Waals surface area contributed by atoms with Crippen LogP contribution in [-0.2, 0) is 14.3 Å². The molecule has 1 fully saturated rings. The summed E-state index contributed by atoms with van der Waals surface area (Å²) in [6.07, 6.45) is 86.8. The number of amides is 1. The molecule has 9 nitrogen and oxygen atoms in total. The monoisotopic (exact) mass is 1160 g/mol. The molecule has 0 aromatic rings. The average molecular weight is 1160 g/mol. The topological polar surface area (TPSA) is 149 Å². The summed E-state index contributed by atoms with van der Waals surface area (Å²) in [5.74, 6) is -0.185. The second-order valence-electron chi connectivity index (χ2n) is 22.9. The van der Waals surface area contributed by atoms with Gasteiger partial charge in [-0.05, 0) is 96.3 Å². The molecule has 474 valence electrons. The average Bonchev–Trinajstić information content (AvgIpc) is 3.61. The van der Waals surface area contributed by atoms with E-state index in [9.17, 15) is 30.3 Å².